The highest BCUT2D eigenvalue weighted by Crippen LogP contribution is 2.17. The SMILES string of the molecule is Cl.Cl.O=C(NCC1CNC1)c1csc(Cc2ccccc2F)n1. The molecule has 0 unspecified atom stereocenters. The molecule has 0 aliphatic carbocycles. The van der Waals surface area contributed by atoms with Crippen LogP contribution < -0.4 is 10.6 Å². The molecule has 1 aliphatic rings. The van der Waals surface area contributed by atoms with Gasteiger partial charge in [0.05, 0.1) is 5.01 Å². The van der Waals surface area contributed by atoms with E-state index in [0.29, 0.717) is 30.1 Å². The van der Waals surface area contributed by atoms with Crippen LogP contribution in [0.3, 0.4) is 0 Å². The van der Waals surface area contributed by atoms with Gasteiger partial charge in [-0.05, 0) is 11.6 Å². The van der Waals surface area contributed by atoms with Crippen molar-refractivity contribution >= 4 is 42.1 Å². The van der Waals surface area contributed by atoms with Crippen LogP contribution in [0.5, 0.6) is 0 Å². The molecule has 8 heteroatoms. The molecule has 2 heterocycles. The second-order valence-corrected chi connectivity index (χ2v) is 6.07. The third-order valence-electron chi connectivity index (χ3n) is 3.50. The van der Waals surface area contributed by atoms with Gasteiger partial charge in [0.1, 0.15) is 11.5 Å². The van der Waals surface area contributed by atoms with E-state index in [-0.39, 0.29) is 36.5 Å². The lowest BCUT2D eigenvalue weighted by atomic mass is 10.0. The molecule has 0 radical (unpaired) electrons. The molecule has 1 aromatic carbocycles. The number of nitrogens with one attached hydrogen (secondary N) is 2. The van der Waals surface area contributed by atoms with Crippen LogP contribution in [0.15, 0.2) is 29.6 Å². The predicted octanol–water partition coefficient (Wildman–Crippen LogP) is 2.67. The monoisotopic (exact) mass is 377 g/mol. The molecule has 126 valence electrons. The maximum absolute atomic E-state index is 13.6. The van der Waals surface area contributed by atoms with Crippen molar-refractivity contribution in [2.45, 2.75) is 6.42 Å². The number of thiazole rings is 1. The largest absolute Gasteiger partial charge is 0.350 e. The Hall–Kier alpha value is -1.21. The van der Waals surface area contributed by atoms with Crippen molar-refractivity contribution in [3.63, 3.8) is 0 Å². The summed E-state index contributed by atoms with van der Waals surface area (Å²) in [5, 5.41) is 8.51. The van der Waals surface area contributed by atoms with E-state index in [1.165, 1.54) is 17.4 Å². The number of carbonyl (C=O) groups excluding carboxylic acids is 1. The average Bonchev–Trinajstić information content (AvgIpc) is 2.88. The number of benzene rings is 1. The van der Waals surface area contributed by atoms with Crippen LogP contribution in [-0.2, 0) is 6.42 Å². The van der Waals surface area contributed by atoms with Gasteiger partial charge in [-0.2, -0.15) is 0 Å². The van der Waals surface area contributed by atoms with Crippen LogP contribution in [0.2, 0.25) is 0 Å². The van der Waals surface area contributed by atoms with E-state index in [9.17, 15) is 9.18 Å². The first-order valence-electron chi connectivity index (χ1n) is 6.89. The zero-order valence-electron chi connectivity index (χ0n) is 12.3. The Balaban J connectivity index is 0.00000132. The highest BCUT2D eigenvalue weighted by atomic mass is 35.5. The smallest absolute Gasteiger partial charge is 0.270 e. The van der Waals surface area contributed by atoms with Gasteiger partial charge in [0.2, 0.25) is 0 Å². The molecule has 0 saturated carbocycles. The van der Waals surface area contributed by atoms with Crippen LogP contribution in [0.4, 0.5) is 4.39 Å². The third kappa shape index (κ3) is 5.14. The number of nitrogens with zero attached hydrogens (tertiary/aromatic N) is 1. The van der Waals surface area contributed by atoms with E-state index >= 15 is 0 Å². The highest BCUT2D eigenvalue weighted by Gasteiger charge is 2.18. The Morgan fingerprint density at radius 1 is 1.35 bits per heavy atom. The number of hydrogen-bond acceptors (Lipinski definition) is 4. The summed E-state index contributed by atoms with van der Waals surface area (Å²) in [4.78, 5) is 16.3. The first-order valence-corrected chi connectivity index (χ1v) is 7.77. The van der Waals surface area contributed by atoms with E-state index < -0.39 is 0 Å². The first-order chi connectivity index (χ1) is 10.2. The molecule has 2 aromatic rings. The third-order valence-corrected chi connectivity index (χ3v) is 4.35. The standard InChI is InChI=1S/C15H16FN3OS.2ClH/c16-12-4-2-1-3-11(12)5-14-19-13(9-21-14)15(20)18-8-10-6-17-7-10;;/h1-4,9-10,17H,5-8H2,(H,18,20);2*1H. The highest BCUT2D eigenvalue weighted by molar-refractivity contribution is 7.09. The Morgan fingerprint density at radius 3 is 2.74 bits per heavy atom. The van der Waals surface area contributed by atoms with Crippen molar-refractivity contribution in [1.29, 1.82) is 0 Å². The number of aromatic nitrogens is 1. The molecule has 1 saturated heterocycles. The maximum atomic E-state index is 13.6. The fraction of sp³-hybridized carbons (Fsp3) is 0.333. The molecule has 1 aliphatic heterocycles. The van der Waals surface area contributed by atoms with E-state index in [2.05, 4.69) is 15.6 Å². The van der Waals surface area contributed by atoms with Crippen LogP contribution in [-0.4, -0.2) is 30.5 Å². The quantitative estimate of drug-likeness (QED) is 0.841. The van der Waals surface area contributed by atoms with Crippen molar-refractivity contribution in [2.24, 2.45) is 5.92 Å². The lowest BCUT2D eigenvalue weighted by molar-refractivity contribution is 0.0937. The van der Waals surface area contributed by atoms with Crippen LogP contribution in [0, 0.1) is 11.7 Å². The molecule has 2 N–H and O–H groups in total. The normalized spacial score (nSPS) is 13.4. The van der Waals surface area contributed by atoms with Gasteiger partial charge < -0.3 is 10.6 Å². The van der Waals surface area contributed by atoms with E-state index in [4.69, 9.17) is 0 Å². The van der Waals surface area contributed by atoms with Crippen molar-refractivity contribution in [1.82, 2.24) is 15.6 Å². The fourth-order valence-electron chi connectivity index (χ4n) is 2.12. The summed E-state index contributed by atoms with van der Waals surface area (Å²) < 4.78 is 13.6. The van der Waals surface area contributed by atoms with Gasteiger partial charge in [-0.15, -0.1) is 36.2 Å². The van der Waals surface area contributed by atoms with Crippen LogP contribution in [0.1, 0.15) is 21.1 Å². The Bertz CT molecular complexity index is 649. The van der Waals surface area contributed by atoms with Gasteiger partial charge in [-0.3, -0.25) is 4.79 Å². The van der Waals surface area contributed by atoms with Crippen LogP contribution in [0.25, 0.3) is 0 Å². The first kappa shape index (κ1) is 19.8. The molecule has 3 rings (SSSR count). The van der Waals surface area contributed by atoms with Gasteiger partial charge in [-0.1, -0.05) is 18.2 Å². The summed E-state index contributed by atoms with van der Waals surface area (Å²) in [5.41, 5.74) is 1.01. The molecule has 4 nitrogen and oxygen atoms in total. The lowest BCUT2D eigenvalue weighted by Gasteiger charge is -2.26. The summed E-state index contributed by atoms with van der Waals surface area (Å²) >= 11 is 1.38. The summed E-state index contributed by atoms with van der Waals surface area (Å²) in [6.45, 7) is 2.58. The Labute approximate surface area is 150 Å². The molecule has 1 aromatic heterocycles. The van der Waals surface area contributed by atoms with Gasteiger partial charge >= 0.3 is 0 Å². The topological polar surface area (TPSA) is 54.0 Å². The van der Waals surface area contributed by atoms with Crippen molar-refractivity contribution in [2.75, 3.05) is 19.6 Å². The predicted molar refractivity (Wildman–Crippen MR) is 94.5 cm³/mol. The molecule has 1 fully saturated rings. The average molecular weight is 378 g/mol. The van der Waals surface area contributed by atoms with E-state index in [0.717, 1.165) is 18.1 Å². The molecule has 23 heavy (non-hydrogen) atoms. The molecular weight excluding hydrogens is 360 g/mol. The van der Waals surface area contributed by atoms with Gasteiger partial charge in [-0.25, -0.2) is 9.37 Å². The summed E-state index contributed by atoms with van der Waals surface area (Å²) in [7, 11) is 0. The molecule has 0 bridgehead atoms. The number of rotatable bonds is 5. The lowest BCUT2D eigenvalue weighted by Crippen LogP contribution is -2.48. The zero-order valence-corrected chi connectivity index (χ0v) is 14.7. The summed E-state index contributed by atoms with van der Waals surface area (Å²) in [6, 6.07) is 6.63. The zero-order chi connectivity index (χ0) is 14.7. The van der Waals surface area contributed by atoms with Gasteiger partial charge in [0.15, 0.2) is 0 Å². The molecule has 1 amide bonds. The van der Waals surface area contributed by atoms with Crippen molar-refractivity contribution in [3.8, 4) is 0 Å². The second kappa shape index (κ2) is 9.17. The van der Waals surface area contributed by atoms with Crippen LogP contribution >= 0.6 is 36.2 Å². The fourth-order valence-corrected chi connectivity index (χ4v) is 2.92. The molecular formula is C15H18Cl2FN3OS. The van der Waals surface area contributed by atoms with Gasteiger partial charge in [0.25, 0.3) is 5.91 Å². The summed E-state index contributed by atoms with van der Waals surface area (Å²) in [5.74, 6) is 0.125. The number of hydrogen-bond donors (Lipinski definition) is 2. The Kier molecular flexibility index (Phi) is 7.91. The summed E-state index contributed by atoms with van der Waals surface area (Å²) in [6.07, 6.45) is 0.414. The maximum Gasteiger partial charge on any atom is 0.270 e. The number of carbonyl (C=O) groups is 1. The van der Waals surface area contributed by atoms with Gasteiger partial charge in [0, 0.05) is 37.4 Å². The molecule has 0 spiro atoms. The van der Waals surface area contributed by atoms with E-state index in [1.807, 2.05) is 0 Å². The minimum Gasteiger partial charge on any atom is -0.350 e. The van der Waals surface area contributed by atoms with Crippen molar-refractivity contribution < 1.29 is 9.18 Å². The minimum absolute atomic E-state index is 0. The van der Waals surface area contributed by atoms with Crippen molar-refractivity contribution in [3.05, 3.63) is 51.7 Å². The molecule has 0 atom stereocenters. The minimum atomic E-state index is -0.240. The number of amides is 1. The second-order valence-electron chi connectivity index (χ2n) is 5.13. The van der Waals surface area contributed by atoms with E-state index in [1.54, 1.807) is 23.6 Å². The Morgan fingerprint density at radius 2 is 2.09 bits per heavy atom. The number of halogens is 3.